The Balaban J connectivity index is 1.42. The first kappa shape index (κ1) is 21.7. The van der Waals surface area contributed by atoms with E-state index >= 15 is 0 Å². The normalized spacial score (nSPS) is 45.0. The molecule has 0 bridgehead atoms. The fourth-order valence-electron chi connectivity index (χ4n) is 9.01. The first-order valence-electron chi connectivity index (χ1n) is 12.5. The average molecular weight is 405 g/mol. The van der Waals surface area contributed by atoms with Gasteiger partial charge < -0.3 is 9.47 Å². The molecule has 0 spiro atoms. The van der Waals surface area contributed by atoms with Gasteiger partial charge in [0.2, 0.25) is 0 Å². The van der Waals surface area contributed by atoms with Gasteiger partial charge >= 0.3 is 5.97 Å². The number of rotatable bonds is 6. The highest BCUT2D eigenvalue weighted by Gasteiger charge is 2.60. The summed E-state index contributed by atoms with van der Waals surface area (Å²) in [5, 5.41) is 0. The molecule has 3 nitrogen and oxygen atoms in total. The number of hydrogen-bond donors (Lipinski definition) is 0. The van der Waals surface area contributed by atoms with Crippen molar-refractivity contribution in [1.29, 1.82) is 0 Å². The molecule has 0 aromatic rings. The van der Waals surface area contributed by atoms with Crippen LogP contribution in [-0.4, -0.2) is 19.9 Å². The Morgan fingerprint density at radius 3 is 2.55 bits per heavy atom. The van der Waals surface area contributed by atoms with Crippen molar-refractivity contribution in [3.05, 3.63) is 0 Å². The summed E-state index contributed by atoms with van der Waals surface area (Å²) in [5.41, 5.74) is 1.13. The van der Waals surface area contributed by atoms with Crippen molar-refractivity contribution in [2.24, 2.45) is 46.3 Å². The number of hydrogen-bond acceptors (Lipinski definition) is 3. The van der Waals surface area contributed by atoms with Crippen LogP contribution in [0.3, 0.4) is 0 Å². The summed E-state index contributed by atoms with van der Waals surface area (Å²) in [4.78, 5) is 11.9. The Hall–Kier alpha value is -0.570. The van der Waals surface area contributed by atoms with Crippen LogP contribution < -0.4 is 0 Å². The van der Waals surface area contributed by atoms with Crippen molar-refractivity contribution in [1.82, 2.24) is 0 Å². The molecule has 3 heteroatoms. The highest BCUT2D eigenvalue weighted by Crippen LogP contribution is 2.68. The molecule has 0 aromatic heterocycles. The van der Waals surface area contributed by atoms with E-state index in [1.165, 1.54) is 64.2 Å². The molecular formula is C26H44O3. The molecule has 8 atom stereocenters. The van der Waals surface area contributed by atoms with E-state index in [1.54, 1.807) is 7.11 Å². The summed E-state index contributed by atoms with van der Waals surface area (Å²) in [6.45, 7) is 7.78. The van der Waals surface area contributed by atoms with Crippen LogP contribution in [0.1, 0.15) is 97.8 Å². The molecule has 7 unspecified atom stereocenters. The molecule has 4 aliphatic carbocycles. The van der Waals surface area contributed by atoms with Crippen LogP contribution >= 0.6 is 0 Å². The summed E-state index contributed by atoms with van der Waals surface area (Å²) < 4.78 is 9.97. The van der Waals surface area contributed by atoms with Crippen molar-refractivity contribution in [2.45, 2.75) is 97.8 Å². The summed E-state index contributed by atoms with van der Waals surface area (Å²) in [6.07, 6.45) is 16.1. The molecule has 4 aliphatic rings. The minimum absolute atomic E-state index is 0.0826. The number of fused-ring (bicyclic) bond motifs is 5. The average Bonchev–Trinajstić information content (AvgIpc) is 3.07. The maximum atomic E-state index is 11.9. The van der Waals surface area contributed by atoms with Crippen LogP contribution in [0.25, 0.3) is 0 Å². The molecule has 0 aromatic carbocycles. The third kappa shape index (κ3) is 3.79. The molecule has 4 fully saturated rings. The van der Waals surface area contributed by atoms with Crippen molar-refractivity contribution < 1.29 is 14.3 Å². The van der Waals surface area contributed by atoms with E-state index in [0.717, 1.165) is 36.0 Å². The van der Waals surface area contributed by atoms with Crippen LogP contribution in [0.4, 0.5) is 0 Å². The summed E-state index contributed by atoms with van der Waals surface area (Å²) in [5.74, 6) is 5.17. The van der Waals surface area contributed by atoms with Crippen molar-refractivity contribution >= 4 is 5.97 Å². The Morgan fingerprint density at radius 2 is 1.76 bits per heavy atom. The van der Waals surface area contributed by atoms with Gasteiger partial charge in [-0.1, -0.05) is 33.6 Å². The number of esters is 1. The third-order valence-corrected chi connectivity index (χ3v) is 10.5. The van der Waals surface area contributed by atoms with E-state index in [-0.39, 0.29) is 12.8 Å². The molecule has 0 aliphatic heterocycles. The second kappa shape index (κ2) is 8.52. The first-order valence-corrected chi connectivity index (χ1v) is 12.5. The van der Waals surface area contributed by atoms with Crippen LogP contribution in [0.2, 0.25) is 0 Å². The predicted molar refractivity (Wildman–Crippen MR) is 116 cm³/mol. The van der Waals surface area contributed by atoms with E-state index in [9.17, 15) is 4.79 Å². The molecule has 0 saturated heterocycles. The van der Waals surface area contributed by atoms with Gasteiger partial charge in [0.1, 0.15) is 0 Å². The van der Waals surface area contributed by atoms with Gasteiger partial charge in [0, 0.05) is 13.5 Å². The molecule has 0 amide bonds. The molecule has 4 rings (SSSR count). The largest absolute Gasteiger partial charge is 0.438 e. The molecule has 0 N–H and O–H groups in total. The van der Waals surface area contributed by atoms with Crippen LogP contribution in [0.5, 0.6) is 0 Å². The van der Waals surface area contributed by atoms with Crippen LogP contribution in [0, 0.1) is 46.3 Å². The zero-order valence-corrected chi connectivity index (χ0v) is 19.4. The lowest BCUT2D eigenvalue weighted by atomic mass is 9.44. The van der Waals surface area contributed by atoms with E-state index in [4.69, 9.17) is 9.47 Å². The topological polar surface area (TPSA) is 35.5 Å². The Bertz CT molecular complexity index is 589. The van der Waals surface area contributed by atoms with Gasteiger partial charge in [-0.05, 0) is 104 Å². The summed E-state index contributed by atoms with van der Waals surface area (Å²) in [7, 11) is 1.56. The standard InChI is InChI=1S/C26H44O3/c1-18(8-13-24(27)29-17-28-4)21-11-12-22-20-10-9-19-7-5-6-15-25(19,2)23(20)14-16-26(21,22)3/h18-23H,5-17H2,1-4H3/t18-,19?,20?,21?,22?,23?,25?,26?/m1/s1. The van der Waals surface area contributed by atoms with Gasteiger partial charge in [-0.3, -0.25) is 4.79 Å². The predicted octanol–water partition coefficient (Wildman–Crippen LogP) is 6.60. The van der Waals surface area contributed by atoms with E-state index in [2.05, 4.69) is 20.8 Å². The highest BCUT2D eigenvalue weighted by molar-refractivity contribution is 5.69. The minimum atomic E-state index is -0.106. The van der Waals surface area contributed by atoms with Crippen molar-refractivity contribution in [2.75, 3.05) is 13.9 Å². The Labute approximate surface area is 178 Å². The smallest absolute Gasteiger partial charge is 0.307 e. The van der Waals surface area contributed by atoms with Crippen LogP contribution in [0.15, 0.2) is 0 Å². The number of methoxy groups -OCH3 is 1. The fourth-order valence-corrected chi connectivity index (χ4v) is 9.01. The Kier molecular flexibility index (Phi) is 6.36. The molecule has 0 heterocycles. The zero-order valence-electron chi connectivity index (χ0n) is 19.4. The first-order chi connectivity index (χ1) is 13.9. The highest BCUT2D eigenvalue weighted by atomic mass is 16.7. The third-order valence-electron chi connectivity index (χ3n) is 10.5. The SMILES string of the molecule is COCOC(=O)CC[C@@H](C)C1CCC2C3CCC4CCCCC4(C)C3CCC21C. The van der Waals surface area contributed by atoms with Gasteiger partial charge in [-0.15, -0.1) is 0 Å². The molecule has 0 radical (unpaired) electrons. The fraction of sp³-hybridized carbons (Fsp3) is 0.962. The quantitative estimate of drug-likeness (QED) is 0.369. The number of ether oxygens (including phenoxy) is 2. The summed E-state index contributed by atoms with van der Waals surface area (Å²) >= 11 is 0. The van der Waals surface area contributed by atoms with Gasteiger partial charge in [-0.25, -0.2) is 0 Å². The van der Waals surface area contributed by atoms with E-state index in [1.807, 2.05) is 0 Å². The maximum Gasteiger partial charge on any atom is 0.307 e. The van der Waals surface area contributed by atoms with Crippen molar-refractivity contribution in [3.63, 3.8) is 0 Å². The number of carbonyl (C=O) groups is 1. The van der Waals surface area contributed by atoms with Gasteiger partial charge in [-0.2, -0.15) is 0 Å². The van der Waals surface area contributed by atoms with E-state index in [0.29, 0.717) is 23.2 Å². The lowest BCUT2D eigenvalue weighted by Crippen LogP contribution is -2.53. The second-order valence-corrected chi connectivity index (χ2v) is 11.6. The molecule has 29 heavy (non-hydrogen) atoms. The minimum Gasteiger partial charge on any atom is -0.438 e. The molecule has 4 saturated carbocycles. The lowest BCUT2D eigenvalue weighted by molar-refractivity contribution is -0.154. The van der Waals surface area contributed by atoms with Gasteiger partial charge in [0.15, 0.2) is 6.79 Å². The zero-order chi connectivity index (χ0) is 20.6. The van der Waals surface area contributed by atoms with Gasteiger partial charge in [0.05, 0.1) is 0 Å². The van der Waals surface area contributed by atoms with Crippen molar-refractivity contribution in [3.8, 4) is 0 Å². The molecular weight excluding hydrogens is 360 g/mol. The Morgan fingerprint density at radius 1 is 0.966 bits per heavy atom. The monoisotopic (exact) mass is 404 g/mol. The van der Waals surface area contributed by atoms with Gasteiger partial charge in [0.25, 0.3) is 0 Å². The van der Waals surface area contributed by atoms with Crippen LogP contribution in [-0.2, 0) is 14.3 Å². The maximum absolute atomic E-state index is 11.9. The van der Waals surface area contributed by atoms with E-state index < -0.39 is 0 Å². The number of carbonyl (C=O) groups excluding carboxylic acids is 1. The molecule has 166 valence electrons. The lowest BCUT2D eigenvalue weighted by Gasteiger charge is -2.61. The second-order valence-electron chi connectivity index (χ2n) is 11.6. The summed E-state index contributed by atoms with van der Waals surface area (Å²) in [6, 6.07) is 0.